The van der Waals surface area contributed by atoms with Crippen molar-refractivity contribution in [3.05, 3.63) is 29.8 Å². The third-order valence-corrected chi connectivity index (χ3v) is 4.04. The van der Waals surface area contributed by atoms with Crippen LogP contribution < -0.4 is 10.5 Å². The van der Waals surface area contributed by atoms with Gasteiger partial charge in [0.05, 0.1) is 26.9 Å². The van der Waals surface area contributed by atoms with Crippen molar-refractivity contribution in [3.8, 4) is 5.75 Å². The highest BCUT2D eigenvalue weighted by atomic mass is 16.5. The van der Waals surface area contributed by atoms with Crippen LogP contribution in [0.25, 0.3) is 0 Å². The van der Waals surface area contributed by atoms with E-state index in [1.54, 1.807) is 7.11 Å². The highest BCUT2D eigenvalue weighted by Crippen LogP contribution is 2.15. The first-order valence-corrected chi connectivity index (χ1v) is 7.94. The fourth-order valence-corrected chi connectivity index (χ4v) is 2.47. The topological polar surface area (TPSA) is 60.1 Å². The second-order valence-corrected chi connectivity index (χ2v) is 5.81. The number of piperidine rings is 1. The fraction of sp³-hybridized carbons (Fsp3) is 0.588. The third kappa shape index (κ3) is 5.22. The Morgan fingerprint density at radius 1 is 1.27 bits per heavy atom. The molecule has 2 rings (SSSR count). The Labute approximate surface area is 133 Å². The second-order valence-electron chi connectivity index (χ2n) is 5.81. The van der Waals surface area contributed by atoms with Crippen LogP contribution in [0.15, 0.2) is 29.3 Å². The van der Waals surface area contributed by atoms with Gasteiger partial charge in [-0.3, -0.25) is 4.99 Å². The van der Waals surface area contributed by atoms with Crippen molar-refractivity contribution in [1.29, 1.82) is 0 Å². The zero-order valence-corrected chi connectivity index (χ0v) is 13.6. The maximum atomic E-state index is 6.03. The fourth-order valence-electron chi connectivity index (χ4n) is 2.47. The molecule has 1 heterocycles. The number of nitrogens with two attached hydrogens (primary N) is 1. The normalized spacial score (nSPS) is 16.8. The second kappa shape index (κ2) is 8.63. The monoisotopic (exact) mass is 305 g/mol. The van der Waals surface area contributed by atoms with Crippen LogP contribution >= 0.6 is 0 Å². The van der Waals surface area contributed by atoms with Gasteiger partial charge in [-0.05, 0) is 36.5 Å². The lowest BCUT2D eigenvalue weighted by Crippen LogP contribution is -2.42. The lowest BCUT2D eigenvalue weighted by atomic mass is 10.00. The molecule has 0 unspecified atom stereocenters. The summed E-state index contributed by atoms with van der Waals surface area (Å²) in [6.45, 7) is 6.09. The Morgan fingerprint density at radius 3 is 2.59 bits per heavy atom. The molecule has 0 spiro atoms. The van der Waals surface area contributed by atoms with Crippen molar-refractivity contribution in [1.82, 2.24) is 4.90 Å². The average molecular weight is 305 g/mol. The summed E-state index contributed by atoms with van der Waals surface area (Å²) in [5.41, 5.74) is 7.15. The number of rotatable bonds is 6. The van der Waals surface area contributed by atoms with E-state index in [2.05, 4.69) is 16.8 Å². The Hall–Kier alpha value is -1.75. The number of ether oxygens (including phenoxy) is 2. The molecule has 0 aromatic heterocycles. The Kier molecular flexibility index (Phi) is 6.52. The number of nitrogens with zero attached hydrogens (tertiary/aromatic N) is 2. The number of benzene rings is 1. The highest BCUT2D eigenvalue weighted by molar-refractivity contribution is 5.78. The molecule has 1 aromatic rings. The van der Waals surface area contributed by atoms with E-state index < -0.39 is 0 Å². The van der Waals surface area contributed by atoms with E-state index in [0.29, 0.717) is 25.7 Å². The first kappa shape index (κ1) is 16.6. The summed E-state index contributed by atoms with van der Waals surface area (Å²) >= 11 is 0. The van der Waals surface area contributed by atoms with E-state index in [0.717, 1.165) is 30.3 Å². The molecule has 5 heteroatoms. The Bertz CT molecular complexity index is 465. The van der Waals surface area contributed by atoms with Gasteiger partial charge in [-0.25, -0.2) is 0 Å². The van der Waals surface area contributed by atoms with Gasteiger partial charge in [0.25, 0.3) is 0 Å². The number of aliphatic imine (C=N–C) groups is 1. The summed E-state index contributed by atoms with van der Waals surface area (Å²) < 4.78 is 10.8. The number of methoxy groups -OCH3 is 1. The van der Waals surface area contributed by atoms with E-state index >= 15 is 0 Å². The molecule has 1 saturated heterocycles. The van der Waals surface area contributed by atoms with E-state index in [9.17, 15) is 0 Å². The quantitative estimate of drug-likeness (QED) is 0.497. The van der Waals surface area contributed by atoms with Crippen molar-refractivity contribution in [3.63, 3.8) is 0 Å². The third-order valence-electron chi connectivity index (χ3n) is 4.04. The predicted molar refractivity (Wildman–Crippen MR) is 89.1 cm³/mol. The van der Waals surface area contributed by atoms with Crippen LogP contribution in [0.3, 0.4) is 0 Å². The van der Waals surface area contributed by atoms with Crippen molar-refractivity contribution in [2.24, 2.45) is 16.6 Å². The molecule has 1 aliphatic rings. The summed E-state index contributed by atoms with van der Waals surface area (Å²) in [5, 5.41) is 0. The van der Waals surface area contributed by atoms with Crippen LogP contribution in [0, 0.1) is 5.92 Å². The van der Waals surface area contributed by atoms with Gasteiger partial charge in [-0.2, -0.15) is 0 Å². The van der Waals surface area contributed by atoms with Gasteiger partial charge in [0.15, 0.2) is 5.96 Å². The van der Waals surface area contributed by atoms with E-state index in [1.807, 2.05) is 24.3 Å². The van der Waals surface area contributed by atoms with E-state index in [-0.39, 0.29) is 0 Å². The molecule has 0 amide bonds. The first-order valence-electron chi connectivity index (χ1n) is 7.94. The molecule has 1 fully saturated rings. The largest absolute Gasteiger partial charge is 0.497 e. The molecule has 2 N–H and O–H groups in total. The molecular weight excluding hydrogens is 278 g/mol. The van der Waals surface area contributed by atoms with Crippen LogP contribution in [0.5, 0.6) is 5.75 Å². The lowest BCUT2D eigenvalue weighted by molar-refractivity contribution is 0.128. The van der Waals surface area contributed by atoms with Crippen LogP contribution in [-0.4, -0.2) is 44.2 Å². The van der Waals surface area contributed by atoms with Gasteiger partial charge in [-0.15, -0.1) is 0 Å². The molecular formula is C17H27N3O2. The minimum Gasteiger partial charge on any atom is -0.497 e. The van der Waals surface area contributed by atoms with Crippen molar-refractivity contribution < 1.29 is 9.47 Å². The maximum absolute atomic E-state index is 6.03. The van der Waals surface area contributed by atoms with Gasteiger partial charge < -0.3 is 20.1 Å². The summed E-state index contributed by atoms with van der Waals surface area (Å²) in [6.07, 6.45) is 2.40. The molecule has 0 saturated carbocycles. The number of hydrogen-bond donors (Lipinski definition) is 1. The van der Waals surface area contributed by atoms with Gasteiger partial charge in [-0.1, -0.05) is 19.1 Å². The maximum Gasteiger partial charge on any atom is 0.191 e. The average Bonchev–Trinajstić information content (AvgIpc) is 2.55. The number of guanidine groups is 1. The summed E-state index contributed by atoms with van der Waals surface area (Å²) in [5.74, 6) is 2.31. The summed E-state index contributed by atoms with van der Waals surface area (Å²) in [4.78, 5) is 6.58. The SMILES string of the molecule is COc1ccc(COCCN=C(N)N2CCC(C)CC2)cc1. The van der Waals surface area contributed by atoms with Crippen LogP contribution in [0.1, 0.15) is 25.3 Å². The summed E-state index contributed by atoms with van der Waals surface area (Å²) in [7, 11) is 1.66. The highest BCUT2D eigenvalue weighted by Gasteiger charge is 2.16. The van der Waals surface area contributed by atoms with E-state index in [4.69, 9.17) is 15.2 Å². The van der Waals surface area contributed by atoms with E-state index in [1.165, 1.54) is 12.8 Å². The van der Waals surface area contributed by atoms with Gasteiger partial charge >= 0.3 is 0 Å². The first-order chi connectivity index (χ1) is 10.7. The minimum atomic E-state index is 0.580. The molecule has 0 atom stereocenters. The zero-order valence-electron chi connectivity index (χ0n) is 13.6. The van der Waals surface area contributed by atoms with Crippen LogP contribution in [0.2, 0.25) is 0 Å². The van der Waals surface area contributed by atoms with Crippen molar-refractivity contribution >= 4 is 5.96 Å². The van der Waals surface area contributed by atoms with Gasteiger partial charge in [0.2, 0.25) is 0 Å². The van der Waals surface area contributed by atoms with Crippen LogP contribution in [-0.2, 0) is 11.3 Å². The van der Waals surface area contributed by atoms with Crippen molar-refractivity contribution in [2.45, 2.75) is 26.4 Å². The number of hydrogen-bond acceptors (Lipinski definition) is 3. The predicted octanol–water partition coefficient (Wildman–Crippen LogP) is 2.26. The van der Waals surface area contributed by atoms with Gasteiger partial charge in [0.1, 0.15) is 5.75 Å². The lowest BCUT2D eigenvalue weighted by Gasteiger charge is -2.31. The molecule has 5 nitrogen and oxygen atoms in total. The standard InChI is InChI=1S/C17H27N3O2/c1-14-7-10-20(11-8-14)17(18)19-9-12-22-13-15-3-5-16(21-2)6-4-15/h3-6,14H,7-13H2,1-2H3,(H2,18,19). The molecule has 22 heavy (non-hydrogen) atoms. The van der Waals surface area contributed by atoms with Gasteiger partial charge in [0, 0.05) is 13.1 Å². The molecule has 122 valence electrons. The molecule has 1 aliphatic heterocycles. The smallest absolute Gasteiger partial charge is 0.191 e. The molecule has 0 aliphatic carbocycles. The molecule has 0 bridgehead atoms. The Balaban J connectivity index is 1.64. The molecule has 1 aromatic carbocycles. The zero-order chi connectivity index (χ0) is 15.8. The van der Waals surface area contributed by atoms with Crippen LogP contribution in [0.4, 0.5) is 0 Å². The Morgan fingerprint density at radius 2 is 1.95 bits per heavy atom. The summed E-state index contributed by atoms with van der Waals surface area (Å²) in [6, 6.07) is 7.88. The molecule has 0 radical (unpaired) electrons. The number of likely N-dealkylation sites (tertiary alicyclic amines) is 1. The van der Waals surface area contributed by atoms with Crippen molar-refractivity contribution in [2.75, 3.05) is 33.4 Å². The minimum absolute atomic E-state index is 0.580.